The fourth-order valence-corrected chi connectivity index (χ4v) is 1.72. The molecular formula is C14H16NO2. The number of hydrogen-bond donors (Lipinski definition) is 0. The maximum absolute atomic E-state index is 11.5. The van der Waals surface area contributed by atoms with Crippen molar-refractivity contribution < 1.29 is 9.53 Å². The summed E-state index contributed by atoms with van der Waals surface area (Å²) < 4.78 is 4.88. The van der Waals surface area contributed by atoms with Gasteiger partial charge >= 0.3 is 5.97 Å². The molecule has 0 fully saturated rings. The van der Waals surface area contributed by atoms with Crippen LogP contribution in [-0.4, -0.2) is 12.1 Å². The minimum Gasteiger partial charge on any atom is -0.444 e. The topological polar surface area (TPSA) is 50.1 Å². The molecule has 1 aliphatic carbocycles. The number of esters is 1. The van der Waals surface area contributed by atoms with E-state index in [4.69, 9.17) is 10.00 Å². The highest BCUT2D eigenvalue weighted by Crippen LogP contribution is 2.32. The molecule has 0 spiro atoms. The largest absolute Gasteiger partial charge is 0.444 e. The minimum absolute atomic E-state index is 0.460. The van der Waals surface area contributed by atoms with Crippen LogP contribution < -0.4 is 0 Å². The van der Waals surface area contributed by atoms with E-state index in [9.17, 15) is 4.79 Å². The number of nitrogens with zero attached hydrogens (tertiary/aromatic N) is 1. The van der Waals surface area contributed by atoms with Gasteiger partial charge in [-0.1, -0.05) is 11.6 Å². The van der Waals surface area contributed by atoms with E-state index < -0.39 is 12.1 Å². The van der Waals surface area contributed by atoms with Crippen LogP contribution in [0.1, 0.15) is 26.7 Å². The summed E-state index contributed by atoms with van der Waals surface area (Å²) in [6.07, 6.45) is 6.14. The van der Waals surface area contributed by atoms with Crippen molar-refractivity contribution in [1.82, 2.24) is 0 Å². The fourth-order valence-electron chi connectivity index (χ4n) is 1.72. The fraction of sp³-hybridized carbons (Fsp3) is 0.357. The molecule has 0 N–H and O–H groups in total. The summed E-state index contributed by atoms with van der Waals surface area (Å²) in [7, 11) is 0. The van der Waals surface area contributed by atoms with Gasteiger partial charge in [-0.2, -0.15) is 5.26 Å². The molecule has 0 aromatic heterocycles. The third-order valence-corrected chi connectivity index (χ3v) is 2.61. The summed E-state index contributed by atoms with van der Waals surface area (Å²) in [5, 5.41) is 8.55. The number of carbonyl (C=O) groups is 1. The van der Waals surface area contributed by atoms with Crippen molar-refractivity contribution in [3.63, 3.8) is 0 Å². The lowest BCUT2D eigenvalue weighted by Crippen LogP contribution is -2.11. The summed E-state index contributed by atoms with van der Waals surface area (Å²) in [5.74, 6) is -0.460. The Labute approximate surface area is 102 Å². The molecule has 0 aliphatic heterocycles. The molecule has 0 amide bonds. The highest BCUT2D eigenvalue weighted by Gasteiger charge is 2.17. The zero-order valence-electron chi connectivity index (χ0n) is 10.2. The van der Waals surface area contributed by atoms with Crippen LogP contribution >= 0.6 is 0 Å². The Bertz CT molecular complexity index is 424. The van der Waals surface area contributed by atoms with Gasteiger partial charge in [-0.3, -0.25) is 0 Å². The standard InChI is InChI=1S/C14H16NO2/c1-4-5-13-10(2)6-7-12(13)8-14(16)17-11(3)9-15/h4,6,8,11H,1,5,7H2,2-3H3/t11-/m0/s1. The van der Waals surface area contributed by atoms with Crippen LogP contribution in [0.5, 0.6) is 0 Å². The second-order valence-electron chi connectivity index (χ2n) is 3.94. The van der Waals surface area contributed by atoms with Crippen LogP contribution in [0.15, 0.2) is 35.5 Å². The van der Waals surface area contributed by atoms with Crippen LogP contribution in [0.25, 0.3) is 0 Å². The molecule has 89 valence electrons. The van der Waals surface area contributed by atoms with E-state index in [1.807, 2.05) is 19.1 Å². The first kappa shape index (κ1) is 13.2. The van der Waals surface area contributed by atoms with Crippen molar-refractivity contribution in [2.75, 3.05) is 0 Å². The number of allylic oxidation sites excluding steroid dienone is 4. The Balaban J connectivity index is 2.76. The Morgan fingerprint density at radius 1 is 1.76 bits per heavy atom. The maximum atomic E-state index is 11.5. The first-order chi connectivity index (χ1) is 8.08. The average Bonchev–Trinajstić information content (AvgIpc) is 2.61. The molecule has 1 atom stereocenters. The molecular weight excluding hydrogens is 214 g/mol. The van der Waals surface area contributed by atoms with Gasteiger partial charge in [0.15, 0.2) is 6.10 Å². The molecule has 3 nitrogen and oxygen atoms in total. The van der Waals surface area contributed by atoms with Crippen molar-refractivity contribution in [2.45, 2.75) is 32.8 Å². The smallest absolute Gasteiger partial charge is 0.332 e. The zero-order valence-corrected chi connectivity index (χ0v) is 10.2. The van der Waals surface area contributed by atoms with Gasteiger partial charge in [0.2, 0.25) is 0 Å². The predicted molar refractivity (Wildman–Crippen MR) is 65.7 cm³/mol. The van der Waals surface area contributed by atoms with Gasteiger partial charge in [0.1, 0.15) is 6.07 Å². The average molecular weight is 230 g/mol. The van der Waals surface area contributed by atoms with Gasteiger partial charge in [0.05, 0.1) is 0 Å². The van der Waals surface area contributed by atoms with Crippen LogP contribution in [0.4, 0.5) is 0 Å². The van der Waals surface area contributed by atoms with Crippen molar-refractivity contribution in [2.24, 2.45) is 0 Å². The molecule has 1 rings (SSSR count). The Hall–Kier alpha value is -1.82. The monoisotopic (exact) mass is 230 g/mol. The lowest BCUT2D eigenvalue weighted by Gasteiger charge is -2.06. The second-order valence-corrected chi connectivity index (χ2v) is 3.94. The molecule has 0 aromatic rings. The second kappa shape index (κ2) is 6.05. The third-order valence-electron chi connectivity index (χ3n) is 2.61. The highest BCUT2D eigenvalue weighted by molar-refractivity contribution is 5.84. The lowest BCUT2D eigenvalue weighted by molar-refractivity contribution is -0.139. The van der Waals surface area contributed by atoms with Gasteiger partial charge in [-0.25, -0.2) is 4.79 Å². The molecule has 0 saturated heterocycles. The molecule has 0 bridgehead atoms. The Morgan fingerprint density at radius 2 is 2.47 bits per heavy atom. The Kier molecular flexibility index (Phi) is 4.71. The van der Waals surface area contributed by atoms with E-state index in [1.54, 1.807) is 6.92 Å². The summed E-state index contributed by atoms with van der Waals surface area (Å²) in [5.41, 5.74) is 3.26. The minimum atomic E-state index is -0.710. The Morgan fingerprint density at radius 3 is 3.06 bits per heavy atom. The van der Waals surface area contributed by atoms with Crippen LogP contribution in [0.3, 0.4) is 0 Å². The first-order valence-corrected chi connectivity index (χ1v) is 5.53. The molecule has 1 radical (unpaired) electrons. The lowest BCUT2D eigenvalue weighted by atomic mass is 10.0. The summed E-state index contributed by atoms with van der Waals surface area (Å²) in [4.78, 5) is 11.5. The summed E-state index contributed by atoms with van der Waals surface area (Å²) in [6.45, 7) is 7.26. The van der Waals surface area contributed by atoms with Gasteiger partial charge in [0, 0.05) is 6.08 Å². The number of rotatable bonds is 4. The highest BCUT2D eigenvalue weighted by atomic mass is 16.5. The van der Waals surface area contributed by atoms with Gasteiger partial charge in [0.25, 0.3) is 0 Å². The van der Waals surface area contributed by atoms with Crippen LogP contribution in [0, 0.1) is 17.8 Å². The molecule has 0 heterocycles. The van der Waals surface area contributed by atoms with Gasteiger partial charge in [-0.15, -0.1) is 6.58 Å². The first-order valence-electron chi connectivity index (χ1n) is 5.53. The van der Waals surface area contributed by atoms with Crippen molar-refractivity contribution >= 4 is 5.97 Å². The van der Waals surface area contributed by atoms with E-state index in [0.29, 0.717) is 0 Å². The van der Waals surface area contributed by atoms with E-state index in [-0.39, 0.29) is 0 Å². The van der Waals surface area contributed by atoms with E-state index in [0.717, 1.165) is 24.0 Å². The molecule has 0 saturated carbocycles. The van der Waals surface area contributed by atoms with E-state index in [2.05, 4.69) is 13.0 Å². The van der Waals surface area contributed by atoms with Crippen molar-refractivity contribution in [1.29, 1.82) is 5.26 Å². The van der Waals surface area contributed by atoms with Gasteiger partial charge < -0.3 is 4.74 Å². The normalized spacial score (nSPS) is 19.0. The number of carbonyl (C=O) groups excluding carboxylic acids is 1. The third kappa shape index (κ3) is 3.60. The molecule has 17 heavy (non-hydrogen) atoms. The molecule has 1 aliphatic rings. The van der Waals surface area contributed by atoms with Crippen molar-refractivity contribution in [3.8, 4) is 6.07 Å². The quantitative estimate of drug-likeness (QED) is 0.424. The maximum Gasteiger partial charge on any atom is 0.332 e. The van der Waals surface area contributed by atoms with Gasteiger partial charge in [-0.05, 0) is 44.3 Å². The summed E-state index contributed by atoms with van der Waals surface area (Å²) in [6, 6.07) is 1.86. The SMILES string of the molecule is C=CCC1=C(C)[CH]CC1=CC(=O)O[C@@H](C)C#N. The van der Waals surface area contributed by atoms with Crippen LogP contribution in [-0.2, 0) is 9.53 Å². The van der Waals surface area contributed by atoms with E-state index >= 15 is 0 Å². The number of hydrogen-bond acceptors (Lipinski definition) is 3. The molecule has 3 heteroatoms. The molecule has 0 aromatic carbocycles. The summed E-state index contributed by atoms with van der Waals surface area (Å²) >= 11 is 0. The van der Waals surface area contributed by atoms with E-state index in [1.165, 1.54) is 11.6 Å². The zero-order chi connectivity index (χ0) is 12.8. The molecule has 0 unspecified atom stereocenters. The number of ether oxygens (including phenoxy) is 1. The van der Waals surface area contributed by atoms with Crippen molar-refractivity contribution in [3.05, 3.63) is 41.9 Å². The predicted octanol–water partition coefficient (Wildman–Crippen LogP) is 2.87. The van der Waals surface area contributed by atoms with Crippen LogP contribution in [0.2, 0.25) is 0 Å². The number of nitriles is 1.